The topological polar surface area (TPSA) is 43.4 Å². The van der Waals surface area contributed by atoms with E-state index in [-0.39, 0.29) is 0 Å². The van der Waals surface area contributed by atoms with Crippen LogP contribution in [0.4, 0.5) is 0 Å². The first-order valence-corrected chi connectivity index (χ1v) is 7.07. The molecule has 0 atom stereocenters. The average Bonchev–Trinajstić information content (AvgIpc) is 2.98. The van der Waals surface area contributed by atoms with Crippen LogP contribution in [0.1, 0.15) is 21.1 Å². The van der Waals surface area contributed by atoms with Gasteiger partial charge in [0.2, 0.25) is 6.79 Å². The molecule has 5 heteroatoms. The zero-order chi connectivity index (χ0) is 13.2. The van der Waals surface area contributed by atoms with Gasteiger partial charge in [0, 0.05) is 23.5 Å². The van der Waals surface area contributed by atoms with Crippen molar-refractivity contribution in [2.45, 2.75) is 26.9 Å². The zero-order valence-electron chi connectivity index (χ0n) is 11.0. The van der Waals surface area contributed by atoms with Crippen LogP contribution in [0, 0.1) is 13.8 Å². The summed E-state index contributed by atoms with van der Waals surface area (Å²) in [6.07, 6.45) is 0. The number of nitrogens with zero attached hydrogens (tertiary/aromatic N) is 1. The second-order valence-electron chi connectivity index (χ2n) is 4.50. The van der Waals surface area contributed by atoms with Crippen molar-refractivity contribution in [1.29, 1.82) is 0 Å². The molecule has 100 valence electrons. The molecule has 0 aliphatic carbocycles. The molecule has 0 radical (unpaired) electrons. The molecule has 0 bridgehead atoms. The summed E-state index contributed by atoms with van der Waals surface area (Å²) in [4.78, 5) is 5.80. The number of hydrogen-bond donors (Lipinski definition) is 1. The lowest BCUT2D eigenvalue weighted by Gasteiger charge is -2.06. The molecule has 2 heterocycles. The number of ether oxygens (including phenoxy) is 2. The van der Waals surface area contributed by atoms with Gasteiger partial charge in [-0.1, -0.05) is 12.1 Å². The van der Waals surface area contributed by atoms with E-state index in [0.717, 1.165) is 40.9 Å². The molecule has 0 unspecified atom stereocenters. The van der Waals surface area contributed by atoms with Crippen LogP contribution in [0.15, 0.2) is 18.2 Å². The molecular weight excluding hydrogens is 260 g/mol. The van der Waals surface area contributed by atoms with Crippen molar-refractivity contribution in [2.24, 2.45) is 0 Å². The maximum atomic E-state index is 5.48. The molecule has 19 heavy (non-hydrogen) atoms. The van der Waals surface area contributed by atoms with Gasteiger partial charge in [0.1, 0.15) is 5.01 Å². The van der Waals surface area contributed by atoms with Crippen molar-refractivity contribution in [3.05, 3.63) is 39.3 Å². The third kappa shape index (κ3) is 2.57. The van der Waals surface area contributed by atoms with E-state index >= 15 is 0 Å². The van der Waals surface area contributed by atoms with Gasteiger partial charge in [0.15, 0.2) is 11.5 Å². The summed E-state index contributed by atoms with van der Waals surface area (Å²) < 4.78 is 10.8. The van der Waals surface area contributed by atoms with Crippen LogP contribution in [0.2, 0.25) is 0 Å². The molecular formula is C14H16N2O2S. The first-order chi connectivity index (χ1) is 9.24. The third-order valence-corrected chi connectivity index (χ3v) is 4.22. The van der Waals surface area contributed by atoms with Crippen LogP contribution < -0.4 is 14.8 Å². The number of rotatable bonds is 4. The number of nitrogens with one attached hydrogen (secondary N) is 1. The molecule has 1 N–H and O–H groups in total. The Kier molecular flexibility index (Phi) is 3.40. The fraction of sp³-hybridized carbons (Fsp3) is 0.357. The lowest BCUT2D eigenvalue weighted by Crippen LogP contribution is -2.13. The van der Waals surface area contributed by atoms with Gasteiger partial charge in [-0.25, -0.2) is 4.98 Å². The lowest BCUT2D eigenvalue weighted by molar-refractivity contribution is 0.173. The second kappa shape index (κ2) is 5.19. The summed E-state index contributed by atoms with van der Waals surface area (Å²) in [5.41, 5.74) is 2.25. The molecule has 1 aromatic carbocycles. The normalized spacial score (nSPS) is 12.9. The number of thiazole rings is 1. The van der Waals surface area contributed by atoms with E-state index in [1.54, 1.807) is 11.3 Å². The highest BCUT2D eigenvalue weighted by molar-refractivity contribution is 7.11. The van der Waals surface area contributed by atoms with Gasteiger partial charge < -0.3 is 14.8 Å². The Balaban J connectivity index is 1.62. The largest absolute Gasteiger partial charge is 0.454 e. The van der Waals surface area contributed by atoms with Gasteiger partial charge >= 0.3 is 0 Å². The Morgan fingerprint density at radius 1 is 1.26 bits per heavy atom. The number of aromatic nitrogens is 1. The van der Waals surface area contributed by atoms with Gasteiger partial charge in [0.05, 0.1) is 5.69 Å². The second-order valence-corrected chi connectivity index (χ2v) is 5.79. The molecule has 0 spiro atoms. The fourth-order valence-electron chi connectivity index (χ4n) is 2.05. The van der Waals surface area contributed by atoms with Crippen molar-refractivity contribution in [2.75, 3.05) is 6.79 Å². The Morgan fingerprint density at radius 2 is 2.16 bits per heavy atom. The van der Waals surface area contributed by atoms with Crippen molar-refractivity contribution in [3.63, 3.8) is 0 Å². The van der Waals surface area contributed by atoms with Gasteiger partial charge in [-0.15, -0.1) is 11.3 Å². The average molecular weight is 276 g/mol. The van der Waals surface area contributed by atoms with Crippen molar-refractivity contribution >= 4 is 11.3 Å². The van der Waals surface area contributed by atoms with E-state index in [9.17, 15) is 0 Å². The summed E-state index contributed by atoms with van der Waals surface area (Å²) >= 11 is 1.75. The first-order valence-electron chi connectivity index (χ1n) is 6.25. The van der Waals surface area contributed by atoms with E-state index in [1.165, 1.54) is 4.88 Å². The van der Waals surface area contributed by atoms with Gasteiger partial charge in [0.25, 0.3) is 0 Å². The predicted octanol–water partition coefficient (Wildman–Crippen LogP) is 2.78. The highest BCUT2D eigenvalue weighted by Gasteiger charge is 2.16. The molecule has 1 aromatic heterocycles. The van der Waals surface area contributed by atoms with E-state index in [1.807, 2.05) is 19.1 Å². The van der Waals surface area contributed by atoms with E-state index < -0.39 is 0 Å². The molecule has 0 saturated carbocycles. The number of aryl methyl sites for hydroxylation is 2. The smallest absolute Gasteiger partial charge is 0.231 e. The molecule has 1 aliphatic rings. The first kappa shape index (κ1) is 12.4. The van der Waals surface area contributed by atoms with E-state index in [2.05, 4.69) is 23.3 Å². The standard InChI is InChI=1S/C14H16N2O2S/c1-9-10(2)19-13(16-9)7-15-6-11-4-3-5-12-14(11)18-8-17-12/h3-5,15H,6-8H2,1-2H3. The number of fused-ring (bicyclic) bond motifs is 1. The van der Waals surface area contributed by atoms with Gasteiger partial charge in [-0.2, -0.15) is 0 Å². The van der Waals surface area contributed by atoms with Crippen LogP contribution in [0.3, 0.4) is 0 Å². The fourth-order valence-corrected chi connectivity index (χ4v) is 2.95. The van der Waals surface area contributed by atoms with Gasteiger partial charge in [-0.05, 0) is 19.9 Å². The van der Waals surface area contributed by atoms with Crippen molar-refractivity contribution in [1.82, 2.24) is 10.3 Å². The monoisotopic (exact) mass is 276 g/mol. The minimum atomic E-state index is 0.317. The number of hydrogen-bond acceptors (Lipinski definition) is 5. The lowest BCUT2D eigenvalue weighted by atomic mass is 10.2. The minimum absolute atomic E-state index is 0.317. The predicted molar refractivity (Wildman–Crippen MR) is 74.7 cm³/mol. The Hall–Kier alpha value is -1.59. The zero-order valence-corrected chi connectivity index (χ0v) is 11.8. The maximum Gasteiger partial charge on any atom is 0.231 e. The quantitative estimate of drug-likeness (QED) is 0.932. The molecule has 1 aliphatic heterocycles. The van der Waals surface area contributed by atoms with Crippen LogP contribution in [-0.2, 0) is 13.1 Å². The number of benzene rings is 1. The van der Waals surface area contributed by atoms with E-state index in [0.29, 0.717) is 6.79 Å². The minimum Gasteiger partial charge on any atom is -0.454 e. The Bertz CT molecular complexity index is 576. The van der Waals surface area contributed by atoms with Crippen molar-refractivity contribution in [3.8, 4) is 11.5 Å². The summed E-state index contributed by atoms with van der Waals surface area (Å²) in [6, 6.07) is 5.97. The van der Waals surface area contributed by atoms with Crippen LogP contribution in [0.5, 0.6) is 11.5 Å². The maximum absolute atomic E-state index is 5.48. The molecule has 0 fully saturated rings. The molecule has 2 aromatic rings. The molecule has 4 nitrogen and oxygen atoms in total. The summed E-state index contributed by atoms with van der Waals surface area (Å²) in [6.45, 7) is 6.00. The van der Waals surface area contributed by atoms with Crippen LogP contribution in [0.25, 0.3) is 0 Å². The van der Waals surface area contributed by atoms with Crippen molar-refractivity contribution < 1.29 is 9.47 Å². The van der Waals surface area contributed by atoms with Crippen LogP contribution >= 0.6 is 11.3 Å². The Morgan fingerprint density at radius 3 is 2.95 bits per heavy atom. The summed E-state index contributed by atoms with van der Waals surface area (Å²) in [5.74, 6) is 1.70. The van der Waals surface area contributed by atoms with E-state index in [4.69, 9.17) is 9.47 Å². The SMILES string of the molecule is Cc1nc(CNCc2cccc3c2OCO3)sc1C. The number of para-hydroxylation sites is 1. The third-order valence-electron chi connectivity index (χ3n) is 3.14. The molecule has 0 saturated heterocycles. The molecule has 0 amide bonds. The Labute approximate surface area is 116 Å². The van der Waals surface area contributed by atoms with Gasteiger partial charge in [-0.3, -0.25) is 0 Å². The highest BCUT2D eigenvalue weighted by atomic mass is 32.1. The summed E-state index contributed by atoms with van der Waals surface area (Å²) in [5, 5.41) is 4.53. The highest BCUT2D eigenvalue weighted by Crippen LogP contribution is 2.35. The molecule has 3 rings (SSSR count). The summed E-state index contributed by atoms with van der Waals surface area (Å²) in [7, 11) is 0. The van der Waals surface area contributed by atoms with Crippen LogP contribution in [-0.4, -0.2) is 11.8 Å².